The number of aryl methyl sites for hydroxylation is 2. The molecule has 0 saturated carbocycles. The smallest absolute Gasteiger partial charge is 0.262 e. The van der Waals surface area contributed by atoms with Crippen molar-refractivity contribution in [3.63, 3.8) is 0 Å². The number of anilines is 1. The molecule has 32 heavy (non-hydrogen) atoms. The number of sulfonamides is 1. The number of aromatic nitrogens is 2. The Morgan fingerprint density at radius 3 is 2.44 bits per heavy atom. The van der Waals surface area contributed by atoms with Gasteiger partial charge in [-0.2, -0.15) is 5.10 Å². The number of nitrogens with zero attached hydrogens (tertiary/aromatic N) is 3. The third-order valence-corrected chi connectivity index (χ3v) is 6.84. The summed E-state index contributed by atoms with van der Waals surface area (Å²) in [4.78, 5) is 2.38. The van der Waals surface area contributed by atoms with Gasteiger partial charge in [0.25, 0.3) is 10.0 Å². The molecule has 3 aromatic rings. The van der Waals surface area contributed by atoms with Crippen LogP contribution in [0.5, 0.6) is 0 Å². The molecule has 0 saturated heterocycles. The highest BCUT2D eigenvalue weighted by Crippen LogP contribution is 2.29. The zero-order valence-corrected chi connectivity index (χ0v) is 20.9. The van der Waals surface area contributed by atoms with Gasteiger partial charge in [0.15, 0.2) is 0 Å². The molecule has 1 aromatic heterocycles. The number of hydrogen-bond donors (Lipinski definition) is 1. The molecule has 0 aliphatic rings. The summed E-state index contributed by atoms with van der Waals surface area (Å²) in [7, 11) is 2.18. The van der Waals surface area contributed by atoms with Crippen molar-refractivity contribution in [1.29, 1.82) is 0 Å². The Balaban J connectivity index is 1.92. The number of rotatable bonds is 8. The maximum atomic E-state index is 13.2. The van der Waals surface area contributed by atoms with Crippen LogP contribution >= 0.6 is 0 Å². The Labute approximate surface area is 192 Å². The molecule has 0 aliphatic heterocycles. The van der Waals surface area contributed by atoms with Crippen LogP contribution in [0.3, 0.4) is 0 Å². The van der Waals surface area contributed by atoms with Crippen molar-refractivity contribution in [2.45, 2.75) is 45.6 Å². The molecule has 2 aromatic carbocycles. The molecule has 7 heteroatoms. The molecule has 3 rings (SSSR count). The van der Waals surface area contributed by atoms with E-state index in [1.165, 1.54) is 5.56 Å². The minimum atomic E-state index is -3.74. The third-order valence-electron chi connectivity index (χ3n) is 5.49. The summed E-state index contributed by atoms with van der Waals surface area (Å²) in [5.41, 5.74) is 6.41. The van der Waals surface area contributed by atoms with Crippen molar-refractivity contribution in [3.05, 3.63) is 65.0 Å². The maximum Gasteiger partial charge on any atom is 0.262 e. The summed E-state index contributed by atoms with van der Waals surface area (Å²) < 4.78 is 31.0. The first-order chi connectivity index (χ1) is 15.0. The van der Waals surface area contributed by atoms with E-state index in [0.29, 0.717) is 18.0 Å². The molecular weight excluding hydrogens is 420 g/mol. The fraction of sp³-hybridized carbons (Fsp3) is 0.400. The Bertz CT molecular complexity index is 1210. The average Bonchev–Trinajstić information content (AvgIpc) is 2.94. The second-order valence-corrected chi connectivity index (χ2v) is 10.8. The Morgan fingerprint density at radius 2 is 1.81 bits per heavy atom. The second-order valence-electron chi connectivity index (χ2n) is 9.15. The summed E-state index contributed by atoms with van der Waals surface area (Å²) in [5, 5.41) is 4.51. The number of benzene rings is 2. The van der Waals surface area contributed by atoms with Crippen molar-refractivity contribution in [2.24, 2.45) is 13.0 Å². The molecule has 1 heterocycles. The minimum Gasteiger partial charge on any atom is -0.305 e. The lowest BCUT2D eigenvalue weighted by molar-refractivity contribution is 0.402. The highest BCUT2D eigenvalue weighted by atomic mass is 32.2. The summed E-state index contributed by atoms with van der Waals surface area (Å²) in [6.07, 6.45) is 0.709. The molecule has 6 nitrogen and oxygen atoms in total. The topological polar surface area (TPSA) is 67.2 Å². The van der Waals surface area contributed by atoms with Crippen LogP contribution in [0.2, 0.25) is 0 Å². The molecular formula is C25H34N4O2S. The zero-order chi connectivity index (χ0) is 23.6. The lowest BCUT2D eigenvalue weighted by Crippen LogP contribution is -2.15. The molecule has 0 fully saturated rings. The van der Waals surface area contributed by atoms with Gasteiger partial charge in [0.05, 0.1) is 22.0 Å². The standard InChI is InChI=1S/C25H34N4O2S/c1-17(2)13-24-25(19(4)29(7)26-24)27-32(30,31)22-11-12-23(18(3)14-22)21-10-8-9-20(15-21)16-28(5)6/h8-12,14-15,17,27H,13,16H2,1-7H3. The average molecular weight is 455 g/mol. The molecule has 0 spiro atoms. The largest absolute Gasteiger partial charge is 0.305 e. The van der Waals surface area contributed by atoms with Gasteiger partial charge in [-0.3, -0.25) is 9.40 Å². The molecule has 0 unspecified atom stereocenters. The van der Waals surface area contributed by atoms with E-state index in [-0.39, 0.29) is 4.90 Å². The van der Waals surface area contributed by atoms with Crippen LogP contribution in [0, 0.1) is 19.8 Å². The van der Waals surface area contributed by atoms with Crippen molar-refractivity contribution in [2.75, 3.05) is 18.8 Å². The summed E-state index contributed by atoms with van der Waals surface area (Å²) >= 11 is 0. The van der Waals surface area contributed by atoms with Crippen LogP contribution in [0.25, 0.3) is 11.1 Å². The maximum absolute atomic E-state index is 13.2. The van der Waals surface area contributed by atoms with Crippen molar-refractivity contribution in [1.82, 2.24) is 14.7 Å². The van der Waals surface area contributed by atoms with Crippen LogP contribution in [-0.2, 0) is 30.0 Å². The van der Waals surface area contributed by atoms with E-state index in [1.807, 2.05) is 47.1 Å². The van der Waals surface area contributed by atoms with Crippen molar-refractivity contribution < 1.29 is 8.42 Å². The van der Waals surface area contributed by atoms with Gasteiger partial charge in [-0.05, 0) is 80.7 Å². The zero-order valence-electron chi connectivity index (χ0n) is 20.1. The van der Waals surface area contributed by atoms with Gasteiger partial charge < -0.3 is 4.90 Å². The lowest BCUT2D eigenvalue weighted by Gasteiger charge is -2.14. The van der Waals surface area contributed by atoms with E-state index < -0.39 is 10.0 Å². The van der Waals surface area contributed by atoms with Gasteiger partial charge in [0.1, 0.15) is 0 Å². The predicted octanol–water partition coefficient (Wildman–Crippen LogP) is 4.76. The molecule has 0 atom stereocenters. The van der Waals surface area contributed by atoms with Crippen molar-refractivity contribution in [3.8, 4) is 11.1 Å². The second kappa shape index (κ2) is 9.46. The fourth-order valence-electron chi connectivity index (χ4n) is 3.86. The van der Waals surface area contributed by atoms with E-state index in [9.17, 15) is 8.42 Å². The van der Waals surface area contributed by atoms with Gasteiger partial charge in [-0.25, -0.2) is 8.42 Å². The van der Waals surface area contributed by atoms with Gasteiger partial charge in [0.2, 0.25) is 0 Å². The Kier molecular flexibility index (Phi) is 7.10. The van der Waals surface area contributed by atoms with Gasteiger partial charge in [0, 0.05) is 13.6 Å². The Morgan fingerprint density at radius 1 is 1.09 bits per heavy atom. The first-order valence-corrected chi connectivity index (χ1v) is 12.4. The van der Waals surface area contributed by atoms with Gasteiger partial charge in [-0.15, -0.1) is 0 Å². The van der Waals surface area contributed by atoms with E-state index in [1.54, 1.807) is 16.8 Å². The van der Waals surface area contributed by atoms with Crippen LogP contribution < -0.4 is 4.72 Å². The van der Waals surface area contributed by atoms with E-state index in [4.69, 9.17) is 0 Å². The highest BCUT2D eigenvalue weighted by molar-refractivity contribution is 7.92. The van der Waals surface area contributed by atoms with Crippen LogP contribution in [0.1, 0.15) is 36.4 Å². The molecule has 0 radical (unpaired) electrons. The lowest BCUT2D eigenvalue weighted by atomic mass is 9.99. The van der Waals surface area contributed by atoms with E-state index in [2.05, 4.69) is 46.8 Å². The van der Waals surface area contributed by atoms with E-state index in [0.717, 1.165) is 34.6 Å². The van der Waals surface area contributed by atoms with Gasteiger partial charge in [-0.1, -0.05) is 38.1 Å². The van der Waals surface area contributed by atoms with Crippen LogP contribution in [-0.4, -0.2) is 37.2 Å². The summed E-state index contributed by atoms with van der Waals surface area (Å²) in [6, 6.07) is 13.7. The SMILES string of the molecule is Cc1cc(S(=O)(=O)Nc2c(CC(C)C)nn(C)c2C)ccc1-c1cccc(CN(C)C)c1. The molecule has 172 valence electrons. The minimum absolute atomic E-state index is 0.252. The summed E-state index contributed by atoms with van der Waals surface area (Å²) in [6.45, 7) is 8.87. The first-order valence-electron chi connectivity index (χ1n) is 10.9. The summed E-state index contributed by atoms with van der Waals surface area (Å²) in [5.74, 6) is 0.373. The number of nitrogens with one attached hydrogen (secondary N) is 1. The van der Waals surface area contributed by atoms with Crippen molar-refractivity contribution >= 4 is 15.7 Å². The molecule has 0 aliphatic carbocycles. The molecule has 1 N–H and O–H groups in total. The quantitative estimate of drug-likeness (QED) is 0.533. The molecule has 0 bridgehead atoms. The first kappa shape index (κ1) is 24.0. The molecule has 0 amide bonds. The van der Waals surface area contributed by atoms with E-state index >= 15 is 0 Å². The number of hydrogen-bond acceptors (Lipinski definition) is 4. The Hall–Kier alpha value is -2.64. The monoisotopic (exact) mass is 454 g/mol. The normalized spacial score (nSPS) is 12.0. The fourth-order valence-corrected chi connectivity index (χ4v) is 5.09. The van der Waals surface area contributed by atoms with Crippen LogP contribution in [0.4, 0.5) is 5.69 Å². The van der Waals surface area contributed by atoms with Gasteiger partial charge >= 0.3 is 0 Å². The van der Waals surface area contributed by atoms with Crippen LogP contribution in [0.15, 0.2) is 47.4 Å². The third kappa shape index (κ3) is 5.40. The predicted molar refractivity (Wildman–Crippen MR) is 131 cm³/mol. The highest BCUT2D eigenvalue weighted by Gasteiger charge is 2.22.